The van der Waals surface area contributed by atoms with Gasteiger partial charge in [-0.25, -0.2) is 4.98 Å². The molecule has 0 spiro atoms. The van der Waals surface area contributed by atoms with Crippen molar-refractivity contribution in [1.29, 1.82) is 0 Å². The van der Waals surface area contributed by atoms with Gasteiger partial charge in [-0.15, -0.1) is 10.2 Å². The normalized spacial score (nSPS) is 15.1. The van der Waals surface area contributed by atoms with E-state index in [1.807, 2.05) is 17.0 Å². The van der Waals surface area contributed by atoms with Gasteiger partial charge in [0.2, 0.25) is 0 Å². The highest BCUT2D eigenvalue weighted by atomic mass is 16.2. The largest absolute Gasteiger partial charge is 0.336 e. The third-order valence-corrected chi connectivity index (χ3v) is 4.83. The average molecular weight is 362 g/mol. The third kappa shape index (κ3) is 4.03. The van der Waals surface area contributed by atoms with Crippen molar-refractivity contribution in [3.05, 3.63) is 71.9 Å². The molecule has 3 heterocycles. The van der Waals surface area contributed by atoms with Crippen LogP contribution >= 0.6 is 0 Å². The Hall–Kier alpha value is -3.06. The summed E-state index contributed by atoms with van der Waals surface area (Å²) in [4.78, 5) is 21.4. The topological polar surface area (TPSA) is 67.2 Å². The van der Waals surface area contributed by atoms with E-state index in [0.29, 0.717) is 11.4 Å². The fourth-order valence-electron chi connectivity index (χ4n) is 3.34. The van der Waals surface area contributed by atoms with Gasteiger partial charge in [0, 0.05) is 38.9 Å². The first-order chi connectivity index (χ1) is 13.2. The molecular formula is C20H22N6O. The molecule has 1 aromatic carbocycles. The van der Waals surface area contributed by atoms with E-state index < -0.39 is 0 Å². The smallest absolute Gasteiger partial charge is 0.255 e. The number of pyridine rings is 1. The lowest BCUT2D eigenvalue weighted by Crippen LogP contribution is -2.48. The highest BCUT2D eigenvalue weighted by molar-refractivity contribution is 5.94. The van der Waals surface area contributed by atoms with E-state index in [2.05, 4.69) is 51.3 Å². The van der Waals surface area contributed by atoms with Crippen molar-refractivity contribution < 1.29 is 4.79 Å². The van der Waals surface area contributed by atoms with Crippen LogP contribution in [0.15, 0.2) is 55.2 Å². The van der Waals surface area contributed by atoms with Crippen LogP contribution in [0.5, 0.6) is 0 Å². The summed E-state index contributed by atoms with van der Waals surface area (Å²) in [6.45, 7) is 6.27. The standard InChI is InChI=1S/C20H22N6O/c1-16-3-2-4-17(11-16)13-24-7-9-25(10-8-24)20(27)18-5-6-19(21-12-18)26-14-22-23-15-26/h2-6,11-12,14-15H,7-10,13H2,1H3. The van der Waals surface area contributed by atoms with Gasteiger partial charge in [0.05, 0.1) is 5.56 Å². The van der Waals surface area contributed by atoms with Crippen molar-refractivity contribution in [1.82, 2.24) is 29.5 Å². The number of aryl methyl sites for hydroxylation is 1. The Morgan fingerprint density at radius 2 is 1.81 bits per heavy atom. The van der Waals surface area contributed by atoms with Crippen molar-refractivity contribution in [2.24, 2.45) is 0 Å². The molecule has 4 rings (SSSR count). The monoisotopic (exact) mass is 362 g/mol. The number of carbonyl (C=O) groups is 1. The van der Waals surface area contributed by atoms with Crippen LogP contribution in [0.3, 0.4) is 0 Å². The van der Waals surface area contributed by atoms with E-state index in [-0.39, 0.29) is 5.91 Å². The van der Waals surface area contributed by atoms with Crippen LogP contribution in [-0.4, -0.2) is 61.6 Å². The minimum absolute atomic E-state index is 0.0352. The molecule has 0 N–H and O–H groups in total. The molecule has 2 aromatic heterocycles. The van der Waals surface area contributed by atoms with E-state index in [0.717, 1.165) is 32.7 Å². The van der Waals surface area contributed by atoms with Gasteiger partial charge >= 0.3 is 0 Å². The quantitative estimate of drug-likeness (QED) is 0.709. The molecule has 0 aliphatic carbocycles. The van der Waals surface area contributed by atoms with E-state index in [1.165, 1.54) is 11.1 Å². The maximum Gasteiger partial charge on any atom is 0.255 e. The predicted molar refractivity (Wildman–Crippen MR) is 102 cm³/mol. The minimum Gasteiger partial charge on any atom is -0.336 e. The number of benzene rings is 1. The molecule has 138 valence electrons. The Labute approximate surface area is 158 Å². The van der Waals surface area contributed by atoms with Gasteiger partial charge < -0.3 is 4.90 Å². The Morgan fingerprint density at radius 1 is 1.04 bits per heavy atom. The molecule has 1 amide bonds. The van der Waals surface area contributed by atoms with Crippen molar-refractivity contribution >= 4 is 5.91 Å². The number of rotatable bonds is 4. The van der Waals surface area contributed by atoms with Crippen molar-refractivity contribution in [2.45, 2.75) is 13.5 Å². The van der Waals surface area contributed by atoms with E-state index >= 15 is 0 Å². The van der Waals surface area contributed by atoms with E-state index in [1.54, 1.807) is 23.4 Å². The Balaban J connectivity index is 1.34. The second-order valence-corrected chi connectivity index (χ2v) is 6.83. The van der Waals surface area contributed by atoms with Gasteiger partial charge in [-0.1, -0.05) is 29.8 Å². The average Bonchev–Trinajstić information content (AvgIpc) is 3.23. The first kappa shape index (κ1) is 17.4. The van der Waals surface area contributed by atoms with Gasteiger partial charge in [-0.05, 0) is 24.6 Å². The first-order valence-electron chi connectivity index (χ1n) is 9.07. The molecule has 0 radical (unpaired) electrons. The molecule has 3 aromatic rings. The van der Waals surface area contributed by atoms with Crippen molar-refractivity contribution in [3.63, 3.8) is 0 Å². The number of carbonyl (C=O) groups excluding carboxylic acids is 1. The molecule has 1 aliphatic rings. The van der Waals surface area contributed by atoms with Gasteiger partial charge in [-0.3, -0.25) is 14.3 Å². The summed E-state index contributed by atoms with van der Waals surface area (Å²) in [5, 5.41) is 7.53. The lowest BCUT2D eigenvalue weighted by Gasteiger charge is -2.34. The second kappa shape index (κ2) is 7.67. The summed E-state index contributed by atoms with van der Waals surface area (Å²) in [7, 11) is 0. The number of piperazine rings is 1. The summed E-state index contributed by atoms with van der Waals surface area (Å²) >= 11 is 0. The lowest BCUT2D eigenvalue weighted by molar-refractivity contribution is 0.0628. The Morgan fingerprint density at radius 3 is 2.48 bits per heavy atom. The van der Waals surface area contributed by atoms with Crippen LogP contribution in [0.2, 0.25) is 0 Å². The predicted octanol–water partition coefficient (Wildman–Crippen LogP) is 1.93. The lowest BCUT2D eigenvalue weighted by atomic mass is 10.1. The molecule has 1 saturated heterocycles. The molecule has 7 nitrogen and oxygen atoms in total. The fourth-order valence-corrected chi connectivity index (χ4v) is 3.34. The number of nitrogens with zero attached hydrogens (tertiary/aromatic N) is 6. The number of hydrogen-bond acceptors (Lipinski definition) is 5. The molecule has 27 heavy (non-hydrogen) atoms. The number of aromatic nitrogens is 4. The van der Waals surface area contributed by atoms with E-state index in [9.17, 15) is 4.79 Å². The van der Waals surface area contributed by atoms with E-state index in [4.69, 9.17) is 0 Å². The summed E-state index contributed by atoms with van der Waals surface area (Å²) in [5.41, 5.74) is 3.21. The summed E-state index contributed by atoms with van der Waals surface area (Å²) in [6.07, 6.45) is 4.78. The van der Waals surface area contributed by atoms with Crippen LogP contribution in [0.4, 0.5) is 0 Å². The fraction of sp³-hybridized carbons (Fsp3) is 0.300. The Bertz CT molecular complexity index is 898. The molecule has 0 atom stereocenters. The third-order valence-electron chi connectivity index (χ3n) is 4.83. The van der Waals surface area contributed by atoms with Crippen LogP contribution in [0.1, 0.15) is 21.5 Å². The number of amides is 1. The van der Waals surface area contributed by atoms with Crippen LogP contribution in [-0.2, 0) is 6.54 Å². The van der Waals surface area contributed by atoms with Crippen LogP contribution in [0, 0.1) is 6.92 Å². The van der Waals surface area contributed by atoms with Crippen molar-refractivity contribution in [3.8, 4) is 5.82 Å². The molecule has 7 heteroatoms. The molecule has 0 bridgehead atoms. The number of hydrogen-bond donors (Lipinski definition) is 0. The molecule has 1 fully saturated rings. The molecular weight excluding hydrogens is 340 g/mol. The van der Waals surface area contributed by atoms with Crippen molar-refractivity contribution in [2.75, 3.05) is 26.2 Å². The zero-order chi connectivity index (χ0) is 18.6. The SMILES string of the molecule is Cc1cccc(CN2CCN(C(=O)c3ccc(-n4cnnc4)nc3)CC2)c1. The first-order valence-corrected chi connectivity index (χ1v) is 9.07. The van der Waals surface area contributed by atoms with Crippen LogP contribution in [0.25, 0.3) is 5.82 Å². The highest BCUT2D eigenvalue weighted by Crippen LogP contribution is 2.13. The zero-order valence-corrected chi connectivity index (χ0v) is 15.3. The maximum atomic E-state index is 12.7. The molecule has 0 saturated carbocycles. The van der Waals surface area contributed by atoms with Gasteiger partial charge in [0.1, 0.15) is 18.5 Å². The highest BCUT2D eigenvalue weighted by Gasteiger charge is 2.22. The van der Waals surface area contributed by atoms with Gasteiger partial charge in [-0.2, -0.15) is 0 Å². The Kier molecular flexibility index (Phi) is 4.93. The van der Waals surface area contributed by atoms with Crippen LogP contribution < -0.4 is 0 Å². The second-order valence-electron chi connectivity index (χ2n) is 6.83. The van der Waals surface area contributed by atoms with Gasteiger partial charge in [0.15, 0.2) is 0 Å². The zero-order valence-electron chi connectivity index (χ0n) is 15.3. The molecule has 1 aliphatic heterocycles. The summed E-state index contributed by atoms with van der Waals surface area (Å²) < 4.78 is 1.71. The summed E-state index contributed by atoms with van der Waals surface area (Å²) in [6, 6.07) is 12.2. The molecule has 0 unspecified atom stereocenters. The minimum atomic E-state index is 0.0352. The van der Waals surface area contributed by atoms with Gasteiger partial charge in [0.25, 0.3) is 5.91 Å². The summed E-state index contributed by atoms with van der Waals surface area (Å²) in [5.74, 6) is 0.729. The maximum absolute atomic E-state index is 12.7.